The fourth-order valence-corrected chi connectivity index (χ4v) is 8.53. The van der Waals surface area contributed by atoms with E-state index in [4.69, 9.17) is 4.74 Å². The summed E-state index contributed by atoms with van der Waals surface area (Å²) in [6, 6.07) is 0. The van der Waals surface area contributed by atoms with Gasteiger partial charge in [-0.3, -0.25) is 4.79 Å². The van der Waals surface area contributed by atoms with Gasteiger partial charge < -0.3 is 25.2 Å². The van der Waals surface area contributed by atoms with Crippen molar-refractivity contribution in [2.45, 2.75) is 102 Å². The number of aliphatic hydroxyl groups is 4. The minimum absolute atomic E-state index is 0.0667. The molecule has 0 radical (unpaired) electrons. The van der Waals surface area contributed by atoms with Crippen LogP contribution in [0.15, 0.2) is 34.9 Å². The normalized spacial score (nSPS) is 49.0. The number of cyclic esters (lactones) is 1. The molecule has 0 bridgehead atoms. The summed E-state index contributed by atoms with van der Waals surface area (Å²) in [7, 11) is 0. The molecule has 4 N–H and O–H groups in total. The molecule has 0 saturated heterocycles. The Bertz CT molecular complexity index is 1080. The number of rotatable bonds is 2. The summed E-state index contributed by atoms with van der Waals surface area (Å²) in [6.45, 7) is 8.70. The van der Waals surface area contributed by atoms with Crippen LogP contribution in [0.3, 0.4) is 0 Å². The number of aliphatic hydroxyl groups excluding tert-OH is 1. The molecule has 4 aliphatic carbocycles. The summed E-state index contributed by atoms with van der Waals surface area (Å²) in [6.07, 6.45) is 5.11. The van der Waals surface area contributed by atoms with Crippen molar-refractivity contribution in [1.29, 1.82) is 0 Å². The number of allylic oxidation sites excluding steroid dienone is 3. The quantitative estimate of drug-likeness (QED) is 0.442. The van der Waals surface area contributed by atoms with E-state index in [0.29, 0.717) is 30.4 Å². The van der Waals surface area contributed by atoms with Crippen molar-refractivity contribution >= 4 is 11.8 Å². The van der Waals surface area contributed by atoms with E-state index in [0.717, 1.165) is 5.57 Å². The average Bonchev–Trinajstić information content (AvgIpc) is 3.01. The number of carbonyl (C=O) groups is 2. The Morgan fingerprint density at radius 2 is 1.77 bits per heavy atom. The maximum absolute atomic E-state index is 13.1. The highest BCUT2D eigenvalue weighted by Crippen LogP contribution is 2.70. The second kappa shape index (κ2) is 7.37. The number of esters is 1. The molecule has 3 fully saturated rings. The monoisotopic (exact) mass is 486 g/mol. The van der Waals surface area contributed by atoms with Crippen LogP contribution in [-0.4, -0.2) is 61.2 Å². The number of hydrogen-bond donors (Lipinski definition) is 4. The van der Waals surface area contributed by atoms with Gasteiger partial charge in [0.2, 0.25) is 0 Å². The van der Waals surface area contributed by atoms with Crippen molar-refractivity contribution in [2.75, 3.05) is 0 Å². The van der Waals surface area contributed by atoms with Gasteiger partial charge in [0.1, 0.15) is 17.3 Å². The van der Waals surface area contributed by atoms with Crippen molar-refractivity contribution < 1.29 is 34.8 Å². The molecule has 0 unspecified atom stereocenters. The largest absolute Gasteiger partial charge is 0.455 e. The van der Waals surface area contributed by atoms with Gasteiger partial charge in [-0.2, -0.15) is 0 Å². The number of ketones is 1. The molecule has 3 saturated carbocycles. The van der Waals surface area contributed by atoms with Crippen molar-refractivity contribution in [3.8, 4) is 0 Å². The van der Waals surface area contributed by atoms with Crippen LogP contribution in [0.4, 0.5) is 0 Å². The lowest BCUT2D eigenvalue weighted by Crippen LogP contribution is -2.72. The van der Waals surface area contributed by atoms with Crippen LogP contribution in [0.1, 0.15) is 73.1 Å². The highest BCUT2D eigenvalue weighted by molar-refractivity contribution is 5.99. The molecule has 5 rings (SSSR count). The van der Waals surface area contributed by atoms with Gasteiger partial charge in [0, 0.05) is 17.4 Å². The Kier molecular flexibility index (Phi) is 5.24. The molecule has 192 valence electrons. The van der Waals surface area contributed by atoms with E-state index in [1.807, 2.05) is 26.8 Å². The Morgan fingerprint density at radius 3 is 2.43 bits per heavy atom. The van der Waals surface area contributed by atoms with Gasteiger partial charge in [0.25, 0.3) is 0 Å². The van der Waals surface area contributed by atoms with E-state index in [1.54, 1.807) is 19.1 Å². The maximum atomic E-state index is 13.1. The van der Waals surface area contributed by atoms with E-state index in [-0.39, 0.29) is 31.0 Å². The first-order valence-electron chi connectivity index (χ1n) is 12.8. The number of fused-ring (bicyclic) bond motifs is 5. The van der Waals surface area contributed by atoms with Crippen LogP contribution in [0.5, 0.6) is 0 Å². The first kappa shape index (κ1) is 24.9. The molecule has 9 atom stereocenters. The highest BCUT2D eigenvalue weighted by atomic mass is 16.6. The summed E-state index contributed by atoms with van der Waals surface area (Å²) in [5, 5.41) is 47.6. The predicted octanol–water partition coefficient (Wildman–Crippen LogP) is 2.51. The molecular formula is C28H38O7. The zero-order valence-corrected chi connectivity index (χ0v) is 21.3. The van der Waals surface area contributed by atoms with Crippen molar-refractivity contribution in [3.05, 3.63) is 34.9 Å². The summed E-state index contributed by atoms with van der Waals surface area (Å²) < 4.78 is 5.61. The van der Waals surface area contributed by atoms with Crippen LogP contribution >= 0.6 is 0 Å². The molecule has 7 nitrogen and oxygen atoms in total. The summed E-state index contributed by atoms with van der Waals surface area (Å²) in [4.78, 5) is 25.6. The Hall–Kier alpha value is -1.80. The van der Waals surface area contributed by atoms with E-state index in [2.05, 4.69) is 0 Å². The number of hydrogen-bond acceptors (Lipinski definition) is 7. The molecule has 35 heavy (non-hydrogen) atoms. The zero-order chi connectivity index (χ0) is 25.8. The van der Waals surface area contributed by atoms with Crippen LogP contribution < -0.4 is 0 Å². The first-order valence-corrected chi connectivity index (χ1v) is 12.8. The van der Waals surface area contributed by atoms with Crippen LogP contribution in [0.25, 0.3) is 0 Å². The second-order valence-corrected chi connectivity index (χ2v) is 12.3. The van der Waals surface area contributed by atoms with Crippen molar-refractivity contribution in [3.63, 3.8) is 0 Å². The maximum Gasteiger partial charge on any atom is 0.334 e. The molecule has 7 heteroatoms. The Balaban J connectivity index is 1.55. The average molecular weight is 487 g/mol. The molecule has 0 amide bonds. The van der Waals surface area contributed by atoms with Crippen molar-refractivity contribution in [1.82, 2.24) is 0 Å². The van der Waals surface area contributed by atoms with E-state index in [1.165, 1.54) is 6.92 Å². The molecule has 5 aliphatic rings. The van der Waals surface area contributed by atoms with E-state index in [9.17, 15) is 30.0 Å². The minimum atomic E-state index is -1.82. The summed E-state index contributed by atoms with van der Waals surface area (Å²) in [5.74, 6) is -1.20. The highest BCUT2D eigenvalue weighted by Gasteiger charge is 2.77. The van der Waals surface area contributed by atoms with Gasteiger partial charge >= 0.3 is 5.97 Å². The fourth-order valence-electron chi connectivity index (χ4n) is 8.53. The van der Waals surface area contributed by atoms with Crippen molar-refractivity contribution in [2.24, 2.45) is 22.7 Å². The molecule has 0 aromatic rings. The first-order chi connectivity index (χ1) is 16.1. The van der Waals surface area contributed by atoms with Crippen LogP contribution in [0.2, 0.25) is 0 Å². The molecular weight excluding hydrogens is 448 g/mol. The molecule has 1 heterocycles. The molecule has 0 spiro atoms. The lowest BCUT2D eigenvalue weighted by molar-refractivity contribution is -0.282. The van der Waals surface area contributed by atoms with Gasteiger partial charge in [-0.05, 0) is 83.3 Å². The van der Waals surface area contributed by atoms with E-state index >= 15 is 0 Å². The standard InChI is InChI=1S/C28H38O7/c1-15-13-22(35-23(31)16(15)2)26(5,32)28(34)12-11-27(33)19-14-20(29)18-7-6-8-21(30)25(18,4)17(19)9-10-24(27,28)3/h6-8,17,19-20,22,29,32-34H,9-14H2,1-5H3/t17-,19+,20+,22+,24-,25+,26-,27+,28-/m0/s1. The lowest BCUT2D eigenvalue weighted by atomic mass is 9.43. The van der Waals surface area contributed by atoms with E-state index < -0.39 is 51.7 Å². The smallest absolute Gasteiger partial charge is 0.334 e. The third-order valence-electron chi connectivity index (χ3n) is 11.2. The van der Waals surface area contributed by atoms with Gasteiger partial charge in [-0.15, -0.1) is 0 Å². The molecule has 0 aromatic heterocycles. The predicted molar refractivity (Wildman–Crippen MR) is 128 cm³/mol. The summed E-state index contributed by atoms with van der Waals surface area (Å²) in [5.41, 5.74) is -4.99. The van der Waals surface area contributed by atoms with Gasteiger partial charge in [0.05, 0.1) is 17.1 Å². The van der Waals surface area contributed by atoms with Gasteiger partial charge in [-0.1, -0.05) is 24.6 Å². The molecule has 0 aromatic carbocycles. The van der Waals surface area contributed by atoms with Crippen LogP contribution in [-0.2, 0) is 14.3 Å². The minimum Gasteiger partial charge on any atom is -0.455 e. The van der Waals surface area contributed by atoms with Crippen LogP contribution in [0, 0.1) is 22.7 Å². The fraction of sp³-hybridized carbons (Fsp3) is 0.714. The zero-order valence-electron chi connectivity index (χ0n) is 21.3. The topological polar surface area (TPSA) is 124 Å². The van der Waals surface area contributed by atoms with Gasteiger partial charge in [0.15, 0.2) is 5.78 Å². The lowest BCUT2D eigenvalue weighted by Gasteiger charge is -2.64. The SMILES string of the molecule is CC1=C(C)C(=O)O[C@@H]([C@](C)(O)[C@]2(O)CC[C@@]3(O)[C@@H]4C[C@@H](O)C5=CC=CC(=O)[C@]5(C)[C@H]4CC[C@]23C)C1. The second-order valence-electron chi connectivity index (χ2n) is 12.3. The Morgan fingerprint density at radius 1 is 1.09 bits per heavy atom. The Labute approximate surface area is 206 Å². The number of ether oxygens (including phenoxy) is 1. The third kappa shape index (κ3) is 2.81. The van der Waals surface area contributed by atoms with Gasteiger partial charge in [-0.25, -0.2) is 4.79 Å². The summed E-state index contributed by atoms with van der Waals surface area (Å²) >= 11 is 0. The third-order valence-corrected chi connectivity index (χ3v) is 11.2. The number of carbonyl (C=O) groups excluding carboxylic acids is 2. The molecule has 1 aliphatic heterocycles.